The first-order valence-corrected chi connectivity index (χ1v) is 9.27. The van der Waals surface area contributed by atoms with Crippen molar-refractivity contribution in [2.45, 2.75) is 50.9 Å². The molecule has 5 heteroatoms. The Morgan fingerprint density at radius 1 is 1.14 bits per heavy atom. The van der Waals surface area contributed by atoms with Gasteiger partial charge in [0.05, 0.1) is 5.75 Å². The molecule has 2 rings (SSSR count). The van der Waals surface area contributed by atoms with Gasteiger partial charge in [-0.05, 0) is 42.7 Å². The van der Waals surface area contributed by atoms with Crippen LogP contribution < -0.4 is 5.73 Å². The van der Waals surface area contributed by atoms with Crippen molar-refractivity contribution in [2.24, 2.45) is 11.7 Å². The molecule has 4 nitrogen and oxygen atoms in total. The lowest BCUT2D eigenvalue weighted by Gasteiger charge is -2.33. The van der Waals surface area contributed by atoms with Crippen LogP contribution in [0.15, 0.2) is 24.3 Å². The summed E-state index contributed by atoms with van der Waals surface area (Å²) in [7, 11) is -1.56. The first-order valence-electron chi connectivity index (χ1n) is 7.66. The monoisotopic (exact) mass is 310 g/mol. The lowest BCUT2D eigenvalue weighted by atomic mass is 9.87. The minimum absolute atomic E-state index is 0.0446. The molecule has 118 valence electrons. The molecule has 0 unspecified atom stereocenters. The zero-order valence-electron chi connectivity index (χ0n) is 13.0. The molecule has 0 spiro atoms. The third-order valence-electron chi connectivity index (χ3n) is 4.61. The predicted octanol–water partition coefficient (Wildman–Crippen LogP) is 2.49. The van der Waals surface area contributed by atoms with E-state index in [0.29, 0.717) is 6.54 Å². The lowest BCUT2D eigenvalue weighted by molar-refractivity contribution is 0.246. The van der Waals surface area contributed by atoms with Crippen LogP contribution in [-0.2, 0) is 22.3 Å². The van der Waals surface area contributed by atoms with Gasteiger partial charge in [0.15, 0.2) is 0 Å². The summed E-state index contributed by atoms with van der Waals surface area (Å²) in [4.78, 5) is 0. The Morgan fingerprint density at radius 3 is 2.29 bits per heavy atom. The Labute approximate surface area is 128 Å². The van der Waals surface area contributed by atoms with Crippen molar-refractivity contribution < 1.29 is 8.42 Å². The number of hydrogen-bond acceptors (Lipinski definition) is 3. The zero-order chi connectivity index (χ0) is 15.5. The Morgan fingerprint density at radius 2 is 1.71 bits per heavy atom. The fraction of sp³-hybridized carbons (Fsp3) is 0.625. The van der Waals surface area contributed by atoms with E-state index in [1.54, 1.807) is 11.4 Å². The van der Waals surface area contributed by atoms with E-state index in [1.807, 2.05) is 24.3 Å². The molecule has 1 aliphatic rings. The summed E-state index contributed by atoms with van der Waals surface area (Å²) in [6.45, 7) is 2.61. The fourth-order valence-corrected chi connectivity index (χ4v) is 4.57. The summed E-state index contributed by atoms with van der Waals surface area (Å²) in [6.07, 6.45) is 4.17. The average molecular weight is 310 g/mol. The number of nitrogens with two attached hydrogens (primary N) is 1. The van der Waals surface area contributed by atoms with Gasteiger partial charge in [0, 0.05) is 19.6 Å². The summed E-state index contributed by atoms with van der Waals surface area (Å²) in [6, 6.07) is 7.66. The third kappa shape index (κ3) is 4.05. The van der Waals surface area contributed by atoms with Crippen molar-refractivity contribution >= 4 is 10.0 Å². The van der Waals surface area contributed by atoms with Crippen molar-refractivity contribution in [1.82, 2.24) is 4.31 Å². The minimum Gasteiger partial charge on any atom is -0.326 e. The second kappa shape index (κ2) is 6.90. The van der Waals surface area contributed by atoms with Crippen molar-refractivity contribution in [3.63, 3.8) is 0 Å². The molecular weight excluding hydrogens is 284 g/mol. The van der Waals surface area contributed by atoms with Crippen LogP contribution in [0.2, 0.25) is 0 Å². The summed E-state index contributed by atoms with van der Waals surface area (Å²) in [5.74, 6) is 0.762. The predicted molar refractivity (Wildman–Crippen MR) is 86.1 cm³/mol. The van der Waals surface area contributed by atoms with Gasteiger partial charge in [0.25, 0.3) is 0 Å². The zero-order valence-corrected chi connectivity index (χ0v) is 13.8. The molecule has 0 aliphatic heterocycles. The van der Waals surface area contributed by atoms with Gasteiger partial charge in [-0.1, -0.05) is 31.2 Å². The Balaban J connectivity index is 2.10. The highest BCUT2D eigenvalue weighted by Crippen LogP contribution is 2.28. The summed E-state index contributed by atoms with van der Waals surface area (Å²) < 4.78 is 26.9. The van der Waals surface area contributed by atoms with Crippen LogP contribution in [0.5, 0.6) is 0 Å². The third-order valence-corrected chi connectivity index (χ3v) is 6.47. The van der Waals surface area contributed by atoms with E-state index in [0.717, 1.165) is 42.7 Å². The highest BCUT2D eigenvalue weighted by Gasteiger charge is 2.29. The van der Waals surface area contributed by atoms with Crippen LogP contribution in [0.3, 0.4) is 0 Å². The molecule has 0 saturated heterocycles. The van der Waals surface area contributed by atoms with E-state index in [4.69, 9.17) is 5.73 Å². The van der Waals surface area contributed by atoms with Crippen molar-refractivity contribution in [3.8, 4) is 0 Å². The van der Waals surface area contributed by atoms with Crippen molar-refractivity contribution in [2.75, 3.05) is 7.05 Å². The van der Waals surface area contributed by atoms with Crippen LogP contribution in [0.1, 0.15) is 43.7 Å². The number of hydrogen-bond donors (Lipinski definition) is 1. The highest BCUT2D eigenvalue weighted by atomic mass is 32.2. The topological polar surface area (TPSA) is 63.4 Å². The van der Waals surface area contributed by atoms with E-state index in [2.05, 4.69) is 6.92 Å². The number of benzene rings is 1. The smallest absolute Gasteiger partial charge is 0.218 e. The molecule has 2 N–H and O–H groups in total. The molecule has 1 saturated carbocycles. The summed E-state index contributed by atoms with van der Waals surface area (Å²) >= 11 is 0. The molecule has 0 bridgehead atoms. The summed E-state index contributed by atoms with van der Waals surface area (Å²) in [5, 5.41) is 0. The van der Waals surface area contributed by atoms with Gasteiger partial charge >= 0.3 is 0 Å². The normalized spacial score (nSPS) is 23.4. The van der Waals surface area contributed by atoms with Crippen LogP contribution in [0.25, 0.3) is 0 Å². The molecular formula is C16H26N2O2S. The average Bonchev–Trinajstić information content (AvgIpc) is 2.47. The molecule has 0 heterocycles. The van der Waals surface area contributed by atoms with Gasteiger partial charge in [-0.2, -0.15) is 0 Å². The van der Waals surface area contributed by atoms with Gasteiger partial charge < -0.3 is 5.73 Å². The Bertz CT molecular complexity index is 563. The first kappa shape index (κ1) is 16.5. The molecule has 1 aromatic carbocycles. The van der Waals surface area contributed by atoms with Gasteiger partial charge in [0.1, 0.15) is 0 Å². The minimum atomic E-state index is -3.29. The second-order valence-electron chi connectivity index (χ2n) is 6.16. The van der Waals surface area contributed by atoms with Crippen LogP contribution in [-0.4, -0.2) is 25.8 Å². The maximum Gasteiger partial charge on any atom is 0.218 e. The number of nitrogens with zero attached hydrogens (tertiary/aromatic N) is 1. The second-order valence-corrected chi connectivity index (χ2v) is 8.19. The van der Waals surface area contributed by atoms with E-state index in [-0.39, 0.29) is 11.8 Å². The van der Waals surface area contributed by atoms with E-state index in [1.165, 1.54) is 0 Å². The lowest BCUT2D eigenvalue weighted by Crippen LogP contribution is -2.40. The van der Waals surface area contributed by atoms with Crippen LogP contribution in [0.4, 0.5) is 0 Å². The Kier molecular flexibility index (Phi) is 5.41. The number of rotatable bonds is 5. The standard InChI is InChI=1S/C16H26N2O2S/c1-13-7-9-16(10-8-13)18(2)21(19,20)12-15-6-4-3-5-14(15)11-17/h3-6,13,16H,7-12,17H2,1-2H3. The van der Waals surface area contributed by atoms with E-state index >= 15 is 0 Å². The quantitative estimate of drug-likeness (QED) is 0.909. The SMILES string of the molecule is CC1CCC(N(C)S(=O)(=O)Cc2ccccc2CN)CC1. The maximum atomic E-state index is 12.6. The van der Waals surface area contributed by atoms with Gasteiger partial charge in [-0.3, -0.25) is 0 Å². The molecule has 0 radical (unpaired) electrons. The molecule has 21 heavy (non-hydrogen) atoms. The van der Waals surface area contributed by atoms with Gasteiger partial charge in [0.2, 0.25) is 10.0 Å². The maximum absolute atomic E-state index is 12.6. The largest absolute Gasteiger partial charge is 0.326 e. The van der Waals surface area contributed by atoms with Crippen molar-refractivity contribution in [3.05, 3.63) is 35.4 Å². The molecule has 1 aliphatic carbocycles. The fourth-order valence-electron chi connectivity index (χ4n) is 3.03. The molecule has 1 aromatic rings. The first-order chi connectivity index (χ1) is 9.94. The van der Waals surface area contributed by atoms with Gasteiger partial charge in [-0.15, -0.1) is 0 Å². The van der Waals surface area contributed by atoms with Crippen LogP contribution >= 0.6 is 0 Å². The molecule has 1 fully saturated rings. The van der Waals surface area contributed by atoms with Crippen molar-refractivity contribution in [1.29, 1.82) is 0 Å². The van der Waals surface area contributed by atoms with E-state index in [9.17, 15) is 8.42 Å². The van der Waals surface area contributed by atoms with Gasteiger partial charge in [-0.25, -0.2) is 12.7 Å². The number of sulfonamides is 1. The highest BCUT2D eigenvalue weighted by molar-refractivity contribution is 7.88. The Hall–Kier alpha value is -0.910. The molecule has 0 amide bonds. The van der Waals surface area contributed by atoms with E-state index < -0.39 is 10.0 Å². The van der Waals surface area contributed by atoms with Crippen LogP contribution in [0, 0.1) is 5.92 Å². The molecule has 0 atom stereocenters. The molecule has 0 aromatic heterocycles. The summed E-state index contributed by atoms with van der Waals surface area (Å²) in [5.41, 5.74) is 7.42.